The van der Waals surface area contributed by atoms with Crippen molar-refractivity contribution in [2.24, 2.45) is 0 Å². The molecule has 0 amide bonds. The molecule has 0 aliphatic carbocycles. The topological polar surface area (TPSA) is 0 Å². The van der Waals surface area contributed by atoms with Crippen LogP contribution in [-0.2, 0) is 20.6 Å². The standard InChI is InChI=1S/C15H15PS4/c1-10-4-7-18-13(10)16(14-11(2)5-8-19-14)15-12(3)6-9-20(15)17/h4-9H,1-3H3. The van der Waals surface area contributed by atoms with E-state index in [2.05, 4.69) is 55.1 Å². The zero-order valence-corrected chi connectivity index (χ0v) is 15.7. The summed E-state index contributed by atoms with van der Waals surface area (Å²) >= 11 is 9.49. The lowest BCUT2D eigenvalue weighted by atomic mass is 10.4. The lowest BCUT2D eigenvalue weighted by Crippen LogP contribution is -2.13. The molecule has 0 nitrogen and oxygen atoms in total. The van der Waals surface area contributed by atoms with E-state index < -0.39 is 7.92 Å². The largest absolute Gasteiger partial charge is 0.143 e. The maximum Gasteiger partial charge on any atom is 0.0411 e. The van der Waals surface area contributed by atoms with Crippen LogP contribution in [0.15, 0.2) is 44.6 Å². The smallest absolute Gasteiger partial charge is 0.0411 e. The van der Waals surface area contributed by atoms with Crippen LogP contribution >= 0.6 is 30.6 Å². The molecule has 0 N–H and O–H groups in total. The molecule has 0 saturated carbocycles. The predicted octanol–water partition coefficient (Wildman–Crippen LogP) is 4.70. The van der Waals surface area contributed by atoms with E-state index in [-0.39, 0.29) is 9.45 Å². The van der Waals surface area contributed by atoms with E-state index in [1.165, 1.54) is 30.6 Å². The summed E-state index contributed by atoms with van der Waals surface area (Å²) in [5.41, 5.74) is 4.20. The minimum Gasteiger partial charge on any atom is -0.143 e. The highest BCUT2D eigenvalue weighted by Gasteiger charge is 2.28. The highest BCUT2D eigenvalue weighted by atomic mass is 32.8. The third kappa shape index (κ3) is 2.53. The molecule has 1 aliphatic heterocycles. The molecule has 2 aromatic heterocycles. The van der Waals surface area contributed by atoms with Crippen molar-refractivity contribution < 1.29 is 0 Å². The van der Waals surface area contributed by atoms with Crippen molar-refractivity contribution in [2.45, 2.75) is 20.8 Å². The van der Waals surface area contributed by atoms with Crippen LogP contribution in [0.1, 0.15) is 18.1 Å². The molecule has 0 fully saturated rings. The van der Waals surface area contributed by atoms with Gasteiger partial charge in [-0.05, 0) is 77.0 Å². The maximum atomic E-state index is 5.72. The van der Waals surface area contributed by atoms with Crippen molar-refractivity contribution in [1.29, 1.82) is 0 Å². The predicted molar refractivity (Wildman–Crippen MR) is 101 cm³/mol. The molecule has 0 bridgehead atoms. The second kappa shape index (κ2) is 5.94. The van der Waals surface area contributed by atoms with Crippen LogP contribution in [0.2, 0.25) is 0 Å². The second-order valence-corrected chi connectivity index (χ2v) is 11.8. The number of hydrogen-bond donors (Lipinski definition) is 0. The molecule has 1 unspecified atom stereocenters. The number of aryl methyl sites for hydroxylation is 2. The fourth-order valence-electron chi connectivity index (χ4n) is 2.19. The molecule has 0 saturated heterocycles. The Kier molecular flexibility index (Phi) is 4.40. The normalized spacial score (nSPS) is 18.5. The average molecular weight is 355 g/mol. The molecule has 5 heteroatoms. The Balaban J connectivity index is 2.21. The van der Waals surface area contributed by atoms with Crippen molar-refractivity contribution in [3.05, 3.63) is 55.7 Å². The number of allylic oxidation sites excluding steroid dienone is 2. The molecule has 0 radical (unpaired) electrons. The first-order valence-electron chi connectivity index (χ1n) is 6.27. The van der Waals surface area contributed by atoms with E-state index in [0.29, 0.717) is 0 Å². The van der Waals surface area contributed by atoms with Crippen LogP contribution in [0.5, 0.6) is 0 Å². The van der Waals surface area contributed by atoms with Gasteiger partial charge in [0.1, 0.15) is 0 Å². The lowest BCUT2D eigenvalue weighted by molar-refractivity contribution is 1.55. The Morgan fingerprint density at radius 1 is 1.00 bits per heavy atom. The lowest BCUT2D eigenvalue weighted by Gasteiger charge is -2.20. The highest BCUT2D eigenvalue weighted by molar-refractivity contribution is 8.36. The fraction of sp³-hybridized carbons (Fsp3) is 0.200. The first-order chi connectivity index (χ1) is 9.59. The third-order valence-corrected chi connectivity index (χ3v) is 12.3. The molecule has 3 rings (SSSR count). The molecular formula is C15H15PS4. The van der Waals surface area contributed by atoms with Gasteiger partial charge in [-0.2, -0.15) is 0 Å². The Hall–Kier alpha value is -0.120. The van der Waals surface area contributed by atoms with Crippen LogP contribution in [0.25, 0.3) is 0 Å². The van der Waals surface area contributed by atoms with Gasteiger partial charge in [-0.3, -0.25) is 0 Å². The SMILES string of the molecule is CC1=C(P(c2sccc2C)c2sccc2C)S(=S)C=C1. The Morgan fingerprint density at radius 2 is 1.55 bits per heavy atom. The Morgan fingerprint density at radius 3 is 1.90 bits per heavy atom. The molecule has 2 aromatic rings. The van der Waals surface area contributed by atoms with Gasteiger partial charge >= 0.3 is 0 Å². The first kappa shape index (κ1) is 14.8. The van der Waals surface area contributed by atoms with Gasteiger partial charge in [0.2, 0.25) is 0 Å². The van der Waals surface area contributed by atoms with Crippen molar-refractivity contribution in [3.8, 4) is 0 Å². The summed E-state index contributed by atoms with van der Waals surface area (Å²) in [5, 5.41) is 6.62. The summed E-state index contributed by atoms with van der Waals surface area (Å²) in [5.74, 6) is 0. The van der Waals surface area contributed by atoms with Crippen molar-refractivity contribution in [3.63, 3.8) is 0 Å². The maximum absolute atomic E-state index is 5.72. The summed E-state index contributed by atoms with van der Waals surface area (Å²) in [6, 6.07) is 4.47. The second-order valence-electron chi connectivity index (χ2n) is 4.74. The van der Waals surface area contributed by atoms with Crippen LogP contribution in [-0.4, -0.2) is 0 Å². The quantitative estimate of drug-likeness (QED) is 0.720. The van der Waals surface area contributed by atoms with E-state index in [1.54, 1.807) is 0 Å². The fourth-order valence-corrected chi connectivity index (χ4v) is 11.7. The minimum atomic E-state index is -0.436. The van der Waals surface area contributed by atoms with Crippen LogP contribution < -0.4 is 9.24 Å². The number of rotatable bonds is 3. The van der Waals surface area contributed by atoms with Gasteiger partial charge in [0.05, 0.1) is 0 Å². The first-order valence-corrected chi connectivity index (χ1v) is 11.6. The molecule has 3 heterocycles. The van der Waals surface area contributed by atoms with E-state index in [9.17, 15) is 0 Å². The molecule has 104 valence electrons. The zero-order valence-electron chi connectivity index (χ0n) is 11.5. The van der Waals surface area contributed by atoms with Crippen molar-refractivity contribution >= 4 is 60.5 Å². The monoisotopic (exact) mass is 354 g/mol. The van der Waals surface area contributed by atoms with Crippen LogP contribution in [0.4, 0.5) is 0 Å². The van der Waals surface area contributed by atoms with Crippen LogP contribution in [0, 0.1) is 13.8 Å². The average Bonchev–Trinajstić information content (AvgIpc) is 3.09. The summed E-state index contributed by atoms with van der Waals surface area (Å²) in [4.78, 5) is 0. The third-order valence-electron chi connectivity index (χ3n) is 3.25. The summed E-state index contributed by atoms with van der Waals surface area (Å²) in [6.45, 7) is 6.67. The van der Waals surface area contributed by atoms with Crippen molar-refractivity contribution in [1.82, 2.24) is 0 Å². The molecule has 1 aliphatic rings. The zero-order chi connectivity index (χ0) is 14.3. The van der Waals surface area contributed by atoms with E-state index in [0.717, 1.165) is 0 Å². The van der Waals surface area contributed by atoms with Gasteiger partial charge in [-0.1, -0.05) is 15.5 Å². The van der Waals surface area contributed by atoms with Gasteiger partial charge in [0, 0.05) is 21.8 Å². The van der Waals surface area contributed by atoms with E-state index in [4.69, 9.17) is 11.2 Å². The molecule has 1 atom stereocenters. The number of thiophene rings is 2. The van der Waals surface area contributed by atoms with Gasteiger partial charge in [0.15, 0.2) is 0 Å². The summed E-state index contributed by atoms with van der Waals surface area (Å²) in [7, 11) is -0.568. The van der Waals surface area contributed by atoms with E-state index in [1.807, 2.05) is 22.7 Å². The molecule has 20 heavy (non-hydrogen) atoms. The van der Waals surface area contributed by atoms with Gasteiger partial charge in [-0.15, -0.1) is 22.7 Å². The summed E-state index contributed by atoms with van der Waals surface area (Å²) < 4.78 is 4.53. The number of hydrogen-bond acceptors (Lipinski definition) is 3. The van der Waals surface area contributed by atoms with Gasteiger partial charge in [0.25, 0.3) is 0 Å². The Bertz CT molecular complexity index is 692. The Labute approximate surface area is 136 Å². The van der Waals surface area contributed by atoms with Gasteiger partial charge < -0.3 is 0 Å². The molecular weight excluding hydrogens is 339 g/mol. The highest BCUT2D eigenvalue weighted by Crippen LogP contribution is 2.52. The minimum absolute atomic E-state index is 0.132. The van der Waals surface area contributed by atoms with E-state index >= 15 is 0 Å². The molecule has 0 spiro atoms. The van der Waals surface area contributed by atoms with Gasteiger partial charge in [-0.25, -0.2) is 0 Å². The van der Waals surface area contributed by atoms with Crippen LogP contribution in [0.3, 0.4) is 0 Å². The summed E-state index contributed by atoms with van der Waals surface area (Å²) in [6.07, 6.45) is 2.21. The van der Waals surface area contributed by atoms with Crippen molar-refractivity contribution in [2.75, 3.05) is 0 Å². The molecule has 0 aromatic carbocycles.